The number of aromatic hydroxyl groups is 2. The number of nitrogens with one attached hydrogen (secondary N) is 1. The van der Waals surface area contributed by atoms with Crippen molar-refractivity contribution >= 4 is 43.8 Å². The van der Waals surface area contributed by atoms with Crippen molar-refractivity contribution in [3.8, 4) is 11.5 Å². The second-order valence-corrected chi connectivity index (χ2v) is 11.0. The molecule has 0 fully saturated rings. The van der Waals surface area contributed by atoms with Gasteiger partial charge in [-0.2, -0.15) is 0 Å². The van der Waals surface area contributed by atoms with Crippen LogP contribution >= 0.6 is 31.9 Å². The minimum atomic E-state index is -0.161. The van der Waals surface area contributed by atoms with Gasteiger partial charge in [0, 0.05) is 28.4 Å². The summed E-state index contributed by atoms with van der Waals surface area (Å²) >= 11 is 6.73. The van der Waals surface area contributed by atoms with Crippen LogP contribution < -0.4 is 5.32 Å². The molecule has 0 saturated heterocycles. The van der Waals surface area contributed by atoms with Gasteiger partial charge in [-0.1, -0.05) is 63.5 Å². The van der Waals surface area contributed by atoms with E-state index in [4.69, 9.17) is 0 Å². The molecule has 0 bridgehead atoms. The maximum atomic E-state index is 10.8. The molecular formula is C23H30Br2N2O2. The van der Waals surface area contributed by atoms with Gasteiger partial charge in [0.25, 0.3) is 0 Å². The van der Waals surface area contributed by atoms with Gasteiger partial charge in [-0.25, -0.2) is 0 Å². The lowest BCUT2D eigenvalue weighted by atomic mass is 9.79. The van der Waals surface area contributed by atoms with Gasteiger partial charge in [0.2, 0.25) is 0 Å². The lowest BCUT2D eigenvalue weighted by Crippen LogP contribution is -2.18. The average Bonchev–Trinajstić information content (AvgIpc) is 2.57. The van der Waals surface area contributed by atoms with Crippen LogP contribution in [-0.2, 0) is 10.8 Å². The van der Waals surface area contributed by atoms with Crippen molar-refractivity contribution in [2.75, 3.05) is 18.4 Å². The highest BCUT2D eigenvalue weighted by Gasteiger charge is 2.24. The Balaban J connectivity index is 2.16. The molecule has 2 aromatic carbocycles. The molecule has 4 nitrogen and oxygen atoms in total. The van der Waals surface area contributed by atoms with Crippen molar-refractivity contribution in [3.05, 3.63) is 49.9 Å². The topological polar surface area (TPSA) is 64.9 Å². The number of rotatable bonds is 5. The molecule has 0 aliphatic heterocycles. The number of anilines is 1. The summed E-state index contributed by atoms with van der Waals surface area (Å²) in [6.45, 7) is 13.9. The molecule has 0 aliphatic rings. The predicted molar refractivity (Wildman–Crippen MR) is 130 cm³/mol. The van der Waals surface area contributed by atoms with E-state index in [1.807, 2.05) is 12.1 Å². The van der Waals surface area contributed by atoms with E-state index in [0.717, 1.165) is 15.7 Å². The van der Waals surface area contributed by atoms with Gasteiger partial charge >= 0.3 is 0 Å². The van der Waals surface area contributed by atoms with Crippen LogP contribution in [0.15, 0.2) is 38.2 Å². The van der Waals surface area contributed by atoms with Crippen LogP contribution in [0.25, 0.3) is 0 Å². The fourth-order valence-electron chi connectivity index (χ4n) is 2.88. The molecular weight excluding hydrogens is 496 g/mol. The Labute approximate surface area is 190 Å². The summed E-state index contributed by atoms with van der Waals surface area (Å²) in [4.78, 5) is 4.40. The molecule has 0 heterocycles. The van der Waals surface area contributed by atoms with E-state index in [1.165, 1.54) is 5.56 Å². The number of benzene rings is 2. The predicted octanol–water partition coefficient (Wildman–Crippen LogP) is 6.75. The molecule has 6 heteroatoms. The van der Waals surface area contributed by atoms with Gasteiger partial charge < -0.3 is 15.5 Å². The molecule has 158 valence electrons. The van der Waals surface area contributed by atoms with Gasteiger partial charge in [-0.15, -0.1) is 0 Å². The van der Waals surface area contributed by atoms with Crippen molar-refractivity contribution in [1.29, 1.82) is 0 Å². The molecule has 0 atom stereocenters. The van der Waals surface area contributed by atoms with Gasteiger partial charge in [0.1, 0.15) is 11.5 Å². The van der Waals surface area contributed by atoms with Gasteiger partial charge in [0.15, 0.2) is 0 Å². The number of hydrogen-bond donors (Lipinski definition) is 3. The number of phenols is 2. The largest absolute Gasteiger partial charge is 0.506 e. The summed E-state index contributed by atoms with van der Waals surface area (Å²) in [7, 11) is 0. The Kier molecular flexibility index (Phi) is 7.44. The van der Waals surface area contributed by atoms with Crippen LogP contribution in [0, 0.1) is 0 Å². The minimum Gasteiger partial charge on any atom is -0.506 e. The lowest BCUT2D eigenvalue weighted by Gasteiger charge is -2.27. The first-order valence-electron chi connectivity index (χ1n) is 9.60. The molecule has 0 saturated carbocycles. The minimum absolute atomic E-state index is 0.0199. The summed E-state index contributed by atoms with van der Waals surface area (Å²) in [5.74, 6) is 0.457. The van der Waals surface area contributed by atoms with Crippen LogP contribution in [0.1, 0.15) is 58.2 Å². The van der Waals surface area contributed by atoms with Crippen LogP contribution in [0.2, 0.25) is 0 Å². The zero-order valence-corrected chi connectivity index (χ0v) is 21.1. The van der Waals surface area contributed by atoms with E-state index < -0.39 is 0 Å². The quantitative estimate of drug-likeness (QED) is 0.230. The summed E-state index contributed by atoms with van der Waals surface area (Å²) in [6, 6.07) is 7.72. The van der Waals surface area contributed by atoms with E-state index in [2.05, 4.69) is 89.8 Å². The van der Waals surface area contributed by atoms with Crippen LogP contribution in [0.4, 0.5) is 5.69 Å². The number of nitrogens with zero attached hydrogens (tertiary/aromatic N) is 1. The van der Waals surface area contributed by atoms with E-state index in [1.54, 1.807) is 12.3 Å². The SMILES string of the molecule is CC(C)(C)c1cc(NCCN=Cc2cc(Br)cc(Br)c2O)c(O)c(C(C)(C)C)c1. The zero-order chi connectivity index (χ0) is 22.0. The van der Waals surface area contributed by atoms with Crippen molar-refractivity contribution in [2.24, 2.45) is 4.99 Å². The second kappa shape index (κ2) is 9.09. The summed E-state index contributed by atoms with van der Waals surface area (Å²) in [6.07, 6.45) is 1.65. The molecule has 29 heavy (non-hydrogen) atoms. The van der Waals surface area contributed by atoms with Crippen molar-refractivity contribution < 1.29 is 10.2 Å². The Bertz CT molecular complexity index is 911. The van der Waals surface area contributed by atoms with E-state index in [9.17, 15) is 10.2 Å². The molecule has 0 spiro atoms. The van der Waals surface area contributed by atoms with Crippen LogP contribution in [0.3, 0.4) is 0 Å². The third-order valence-electron chi connectivity index (χ3n) is 4.63. The first-order chi connectivity index (χ1) is 13.3. The average molecular weight is 526 g/mol. The van der Waals surface area contributed by atoms with E-state index >= 15 is 0 Å². The molecule has 3 N–H and O–H groups in total. The van der Waals surface area contributed by atoms with Crippen LogP contribution in [-0.4, -0.2) is 29.5 Å². The second-order valence-electron chi connectivity index (χ2n) is 9.21. The molecule has 2 aromatic rings. The number of hydrogen-bond acceptors (Lipinski definition) is 4. The van der Waals surface area contributed by atoms with Crippen molar-refractivity contribution in [1.82, 2.24) is 0 Å². The lowest BCUT2D eigenvalue weighted by molar-refractivity contribution is 0.446. The van der Waals surface area contributed by atoms with Gasteiger partial charge in [-0.3, -0.25) is 4.99 Å². The fourth-order valence-corrected chi connectivity index (χ4v) is 4.13. The maximum absolute atomic E-state index is 10.8. The number of aliphatic imine (C=N–C) groups is 1. The van der Waals surface area contributed by atoms with Crippen molar-refractivity contribution in [3.63, 3.8) is 0 Å². The third-order valence-corrected chi connectivity index (χ3v) is 5.69. The molecule has 0 amide bonds. The normalized spacial score (nSPS) is 12.6. The maximum Gasteiger partial charge on any atom is 0.142 e. The zero-order valence-electron chi connectivity index (χ0n) is 17.9. The van der Waals surface area contributed by atoms with Gasteiger partial charge in [0.05, 0.1) is 16.7 Å². The third kappa shape index (κ3) is 6.22. The molecule has 0 radical (unpaired) electrons. The summed E-state index contributed by atoms with van der Waals surface area (Å²) < 4.78 is 1.48. The first-order valence-corrected chi connectivity index (χ1v) is 11.2. The Morgan fingerprint density at radius 1 is 0.931 bits per heavy atom. The Hall–Kier alpha value is -1.53. The highest BCUT2D eigenvalue weighted by molar-refractivity contribution is 9.11. The molecule has 0 aliphatic carbocycles. The molecule has 0 aromatic heterocycles. The molecule has 2 rings (SSSR count). The Morgan fingerprint density at radius 3 is 2.17 bits per heavy atom. The van der Waals surface area contributed by atoms with Crippen molar-refractivity contribution in [2.45, 2.75) is 52.4 Å². The van der Waals surface area contributed by atoms with Gasteiger partial charge in [-0.05, 0) is 50.5 Å². The number of halogens is 2. The van der Waals surface area contributed by atoms with E-state index in [0.29, 0.717) is 28.9 Å². The number of phenolic OH excluding ortho intramolecular Hbond substituents is 2. The Morgan fingerprint density at radius 2 is 1.59 bits per heavy atom. The highest BCUT2D eigenvalue weighted by Crippen LogP contribution is 2.40. The first kappa shape index (κ1) is 23.7. The smallest absolute Gasteiger partial charge is 0.142 e. The highest BCUT2D eigenvalue weighted by atomic mass is 79.9. The van der Waals surface area contributed by atoms with Crippen LogP contribution in [0.5, 0.6) is 11.5 Å². The molecule has 0 unspecified atom stereocenters. The van der Waals surface area contributed by atoms with E-state index in [-0.39, 0.29) is 16.6 Å². The standard InChI is InChI=1S/C23H30Br2N2O2/c1-22(2,3)15-10-17(23(4,5)6)21(29)19(11-15)27-8-7-26-13-14-9-16(24)12-18(25)20(14)28/h9-13,27-29H,7-8H2,1-6H3. The monoisotopic (exact) mass is 524 g/mol. The fraction of sp³-hybridized carbons (Fsp3) is 0.435. The summed E-state index contributed by atoms with van der Waals surface area (Å²) in [5, 5.41) is 24.2. The summed E-state index contributed by atoms with van der Waals surface area (Å²) in [5.41, 5.74) is 3.29.